The highest BCUT2D eigenvalue weighted by Gasteiger charge is 2.27. The fourth-order valence-electron chi connectivity index (χ4n) is 2.58. The molecular formula is C15H15N3O4. The van der Waals surface area contributed by atoms with E-state index in [-0.39, 0.29) is 17.5 Å². The Kier molecular flexibility index (Phi) is 3.88. The lowest BCUT2D eigenvalue weighted by atomic mass is 10.1. The zero-order valence-electron chi connectivity index (χ0n) is 11.8. The third-order valence-corrected chi connectivity index (χ3v) is 3.62. The van der Waals surface area contributed by atoms with Crippen LogP contribution in [-0.4, -0.2) is 34.7 Å². The summed E-state index contributed by atoms with van der Waals surface area (Å²) < 4.78 is 5.73. The number of rotatable bonds is 3. The third-order valence-electron chi connectivity index (χ3n) is 3.62. The number of phenolic OH excluding ortho intramolecular Hbond substituents is 1. The number of nitro groups is 1. The van der Waals surface area contributed by atoms with Crippen LogP contribution in [0.15, 0.2) is 42.7 Å². The van der Waals surface area contributed by atoms with Gasteiger partial charge in [0, 0.05) is 19.3 Å². The number of hydrogen-bond acceptors (Lipinski definition) is 6. The summed E-state index contributed by atoms with van der Waals surface area (Å²) in [5, 5.41) is 20.7. The number of anilines is 1. The predicted octanol–water partition coefficient (Wildman–Crippen LogP) is 2.27. The van der Waals surface area contributed by atoms with Crippen LogP contribution in [0.2, 0.25) is 0 Å². The van der Waals surface area contributed by atoms with Crippen LogP contribution in [0, 0.1) is 10.1 Å². The molecule has 3 rings (SSSR count). The van der Waals surface area contributed by atoms with E-state index in [9.17, 15) is 15.2 Å². The average Bonchev–Trinajstić information content (AvgIpc) is 2.55. The minimum Gasteiger partial charge on any atom is -0.508 e. The monoisotopic (exact) mass is 301 g/mol. The van der Waals surface area contributed by atoms with E-state index in [4.69, 9.17) is 4.74 Å². The number of morpholine rings is 1. The van der Waals surface area contributed by atoms with Crippen LogP contribution >= 0.6 is 0 Å². The molecule has 7 nitrogen and oxygen atoms in total. The number of phenols is 1. The van der Waals surface area contributed by atoms with Gasteiger partial charge in [-0.1, -0.05) is 12.1 Å². The molecule has 0 unspecified atom stereocenters. The molecule has 0 radical (unpaired) electrons. The Labute approximate surface area is 126 Å². The van der Waals surface area contributed by atoms with E-state index in [2.05, 4.69) is 4.98 Å². The summed E-state index contributed by atoms with van der Waals surface area (Å²) in [5.41, 5.74) is 1.37. The fraction of sp³-hybridized carbons (Fsp3) is 0.267. The van der Waals surface area contributed by atoms with Gasteiger partial charge in [-0.15, -0.1) is 0 Å². The summed E-state index contributed by atoms with van der Waals surface area (Å²) in [4.78, 5) is 16.4. The van der Waals surface area contributed by atoms with Crippen molar-refractivity contribution in [2.75, 3.05) is 24.6 Å². The second kappa shape index (κ2) is 5.98. The number of aromatic nitrogens is 1. The van der Waals surface area contributed by atoms with Crippen LogP contribution < -0.4 is 4.90 Å². The largest absolute Gasteiger partial charge is 0.508 e. The number of hydrogen-bond donors (Lipinski definition) is 1. The minimum atomic E-state index is -0.429. The molecule has 0 saturated carbocycles. The Morgan fingerprint density at radius 2 is 2.27 bits per heavy atom. The molecule has 1 aliphatic rings. The van der Waals surface area contributed by atoms with Gasteiger partial charge in [-0.05, 0) is 23.8 Å². The lowest BCUT2D eigenvalue weighted by Gasteiger charge is -2.34. The smallest absolute Gasteiger partial charge is 0.310 e. The molecule has 0 amide bonds. The normalized spacial score (nSPS) is 18.2. The summed E-state index contributed by atoms with van der Waals surface area (Å²) in [5.74, 6) is 0.174. The van der Waals surface area contributed by atoms with Gasteiger partial charge in [0.05, 0.1) is 11.5 Å². The van der Waals surface area contributed by atoms with E-state index in [1.54, 1.807) is 30.5 Å². The van der Waals surface area contributed by atoms with Gasteiger partial charge in [0.25, 0.3) is 0 Å². The lowest BCUT2D eigenvalue weighted by molar-refractivity contribution is -0.384. The van der Waals surface area contributed by atoms with Crippen molar-refractivity contribution in [3.05, 3.63) is 58.4 Å². The number of nitrogens with zero attached hydrogens (tertiary/aromatic N) is 3. The molecule has 1 aliphatic heterocycles. The molecule has 1 aromatic carbocycles. The molecular weight excluding hydrogens is 286 g/mol. The highest BCUT2D eigenvalue weighted by Crippen LogP contribution is 2.32. The Morgan fingerprint density at radius 1 is 1.41 bits per heavy atom. The summed E-state index contributed by atoms with van der Waals surface area (Å²) in [6, 6.07) is 8.51. The molecule has 1 aromatic heterocycles. The fourth-order valence-corrected chi connectivity index (χ4v) is 2.58. The van der Waals surface area contributed by atoms with Crippen molar-refractivity contribution < 1.29 is 14.8 Å². The van der Waals surface area contributed by atoms with Crippen LogP contribution in [0.25, 0.3) is 0 Å². The van der Waals surface area contributed by atoms with Gasteiger partial charge >= 0.3 is 5.69 Å². The van der Waals surface area contributed by atoms with E-state index in [1.165, 1.54) is 6.20 Å². The van der Waals surface area contributed by atoms with Crippen molar-refractivity contribution in [1.29, 1.82) is 0 Å². The average molecular weight is 301 g/mol. The Balaban J connectivity index is 1.86. The molecule has 2 aromatic rings. The Morgan fingerprint density at radius 3 is 3.05 bits per heavy atom. The number of benzene rings is 1. The van der Waals surface area contributed by atoms with Gasteiger partial charge in [0.1, 0.15) is 23.7 Å². The highest BCUT2D eigenvalue weighted by atomic mass is 16.6. The minimum absolute atomic E-state index is 0.0148. The van der Waals surface area contributed by atoms with E-state index >= 15 is 0 Å². The Hall–Kier alpha value is -2.67. The van der Waals surface area contributed by atoms with E-state index in [1.807, 2.05) is 11.0 Å². The van der Waals surface area contributed by atoms with Crippen LogP contribution in [0.1, 0.15) is 11.7 Å². The van der Waals surface area contributed by atoms with E-state index < -0.39 is 4.92 Å². The van der Waals surface area contributed by atoms with E-state index in [0.717, 1.165) is 5.56 Å². The second-order valence-electron chi connectivity index (χ2n) is 5.02. The number of pyridine rings is 1. The number of aromatic hydroxyl groups is 1. The molecule has 1 atom stereocenters. The van der Waals surface area contributed by atoms with Crippen molar-refractivity contribution in [2.45, 2.75) is 6.10 Å². The zero-order chi connectivity index (χ0) is 15.5. The second-order valence-corrected chi connectivity index (χ2v) is 5.02. The summed E-state index contributed by atoms with van der Waals surface area (Å²) in [6.45, 7) is 1.51. The SMILES string of the molecule is O=[N+]([O-])c1cnccc1N1CCO[C@H](c2cccc(O)c2)C1. The number of ether oxygens (including phenoxy) is 1. The molecule has 1 saturated heterocycles. The third kappa shape index (κ3) is 2.84. The molecule has 0 aliphatic carbocycles. The highest BCUT2D eigenvalue weighted by molar-refractivity contribution is 5.62. The predicted molar refractivity (Wildman–Crippen MR) is 79.9 cm³/mol. The molecule has 7 heteroatoms. The quantitative estimate of drug-likeness (QED) is 0.691. The molecule has 0 bridgehead atoms. The first kappa shape index (κ1) is 14.3. The van der Waals surface area contributed by atoms with E-state index in [0.29, 0.717) is 25.4 Å². The molecule has 114 valence electrons. The standard InChI is InChI=1S/C15H15N3O4/c19-12-3-1-2-11(8-12)15-10-17(6-7-22-15)13-4-5-16-9-14(13)18(20)21/h1-5,8-9,15,19H,6-7,10H2/t15-/m0/s1. The maximum Gasteiger partial charge on any atom is 0.310 e. The lowest BCUT2D eigenvalue weighted by Crippen LogP contribution is -2.38. The van der Waals surface area contributed by atoms with Crippen molar-refractivity contribution in [2.24, 2.45) is 0 Å². The first-order valence-corrected chi connectivity index (χ1v) is 6.89. The van der Waals surface area contributed by atoms with Crippen molar-refractivity contribution in [3.63, 3.8) is 0 Å². The molecule has 1 N–H and O–H groups in total. The van der Waals surface area contributed by atoms with Crippen LogP contribution in [0.5, 0.6) is 5.75 Å². The van der Waals surface area contributed by atoms with Gasteiger partial charge in [0.2, 0.25) is 0 Å². The summed E-state index contributed by atoms with van der Waals surface area (Å²) in [6.07, 6.45) is 2.56. The summed E-state index contributed by atoms with van der Waals surface area (Å²) in [7, 11) is 0. The van der Waals surface area contributed by atoms with Gasteiger partial charge < -0.3 is 14.7 Å². The van der Waals surface area contributed by atoms with Gasteiger partial charge in [-0.2, -0.15) is 0 Å². The topological polar surface area (TPSA) is 88.7 Å². The zero-order valence-corrected chi connectivity index (χ0v) is 11.8. The van der Waals surface area contributed by atoms with Gasteiger partial charge in [-0.25, -0.2) is 0 Å². The Bertz CT molecular complexity index is 692. The van der Waals surface area contributed by atoms with Crippen molar-refractivity contribution >= 4 is 11.4 Å². The first-order valence-electron chi connectivity index (χ1n) is 6.89. The van der Waals surface area contributed by atoms with Gasteiger partial charge in [0.15, 0.2) is 0 Å². The van der Waals surface area contributed by atoms with Gasteiger partial charge in [-0.3, -0.25) is 15.1 Å². The van der Waals surface area contributed by atoms with Crippen molar-refractivity contribution in [3.8, 4) is 5.75 Å². The van der Waals surface area contributed by atoms with Crippen molar-refractivity contribution in [1.82, 2.24) is 4.98 Å². The van der Waals surface area contributed by atoms with Crippen LogP contribution in [0.4, 0.5) is 11.4 Å². The maximum atomic E-state index is 11.1. The molecule has 2 heterocycles. The molecule has 22 heavy (non-hydrogen) atoms. The molecule has 1 fully saturated rings. The van der Waals surface area contributed by atoms with Crippen LogP contribution in [-0.2, 0) is 4.74 Å². The molecule has 0 spiro atoms. The summed E-state index contributed by atoms with van der Waals surface area (Å²) >= 11 is 0. The van der Waals surface area contributed by atoms with Crippen LogP contribution in [0.3, 0.4) is 0 Å². The first-order chi connectivity index (χ1) is 10.6. The maximum absolute atomic E-state index is 11.1.